The quantitative estimate of drug-likeness (QED) is 0.373. The Hall–Kier alpha value is -1.01. The van der Waals surface area contributed by atoms with E-state index in [1.165, 1.54) is 15.0 Å². The molecule has 1 heterocycles. The normalized spacial score (nSPS) is 15.8. The molecule has 0 aliphatic rings. The van der Waals surface area contributed by atoms with E-state index in [-0.39, 0.29) is 16.4 Å². The van der Waals surface area contributed by atoms with Gasteiger partial charge in [0.2, 0.25) is 8.32 Å². The molecule has 0 bridgehead atoms. The average molecular weight is 451 g/mol. The first-order chi connectivity index (χ1) is 12.2. The highest BCUT2D eigenvalue weighted by Crippen LogP contribution is 2.50. The molecule has 0 saturated heterocycles. The molecule has 138 valence electrons. The first kappa shape index (κ1) is 19.7. The van der Waals surface area contributed by atoms with Crippen LogP contribution in [0.2, 0.25) is 11.6 Å². The summed E-state index contributed by atoms with van der Waals surface area (Å²) in [6.45, 7) is 8.85. The van der Waals surface area contributed by atoms with Gasteiger partial charge in [0.15, 0.2) is 0 Å². The lowest BCUT2D eigenvalue weighted by Crippen LogP contribution is -2.49. The highest BCUT2D eigenvalue weighted by molar-refractivity contribution is 9.10. The fourth-order valence-electron chi connectivity index (χ4n) is 3.46. The molecule has 0 radical (unpaired) electrons. The molecular weight excluding hydrogens is 427 g/mol. The van der Waals surface area contributed by atoms with Crippen LogP contribution < -0.4 is 0 Å². The number of hydrogen-bond donors (Lipinski definition) is 0. The Labute approximate surface area is 168 Å². The minimum Gasteiger partial charge on any atom is -0.419 e. The standard InChI is InChI=1S/C21H24BrFOSSi/c1-21(2,3)26(5,24-4)20(16-13-15(22)10-11-17(16)23)19-12-14-8-6-7-9-18(14)25-19/h6-13,20H,1-5H3. The molecule has 0 fully saturated rings. The number of rotatable bonds is 4. The zero-order valence-corrected chi connectivity index (χ0v) is 19.2. The number of fused-ring (bicyclic) bond motifs is 1. The van der Waals surface area contributed by atoms with Crippen molar-refractivity contribution >= 4 is 45.7 Å². The fraction of sp³-hybridized carbons (Fsp3) is 0.333. The molecular formula is C21H24BrFOSSi. The van der Waals surface area contributed by atoms with Crippen molar-refractivity contribution in [2.45, 2.75) is 37.9 Å². The Morgan fingerprint density at radius 3 is 2.42 bits per heavy atom. The van der Waals surface area contributed by atoms with E-state index in [9.17, 15) is 4.39 Å². The van der Waals surface area contributed by atoms with Gasteiger partial charge >= 0.3 is 0 Å². The second-order valence-electron chi connectivity index (χ2n) is 7.85. The van der Waals surface area contributed by atoms with Crippen molar-refractivity contribution in [2.24, 2.45) is 0 Å². The van der Waals surface area contributed by atoms with Crippen molar-refractivity contribution in [3.63, 3.8) is 0 Å². The Morgan fingerprint density at radius 2 is 1.81 bits per heavy atom. The van der Waals surface area contributed by atoms with Gasteiger partial charge in [-0.2, -0.15) is 0 Å². The maximum Gasteiger partial charge on any atom is 0.207 e. The van der Waals surface area contributed by atoms with Gasteiger partial charge in [-0.3, -0.25) is 0 Å². The average Bonchev–Trinajstić information content (AvgIpc) is 3.00. The highest BCUT2D eigenvalue weighted by atomic mass is 79.9. The Balaban J connectivity index is 2.30. The molecule has 2 unspecified atom stereocenters. The van der Waals surface area contributed by atoms with Gasteiger partial charge in [-0.15, -0.1) is 11.3 Å². The Kier molecular flexibility index (Phi) is 5.46. The predicted octanol–water partition coefficient (Wildman–Crippen LogP) is 7.50. The second-order valence-corrected chi connectivity index (χ2v) is 14.6. The van der Waals surface area contributed by atoms with Crippen LogP contribution >= 0.6 is 27.3 Å². The molecule has 1 nitrogen and oxygen atoms in total. The summed E-state index contributed by atoms with van der Waals surface area (Å²) in [4.78, 5) is 1.18. The van der Waals surface area contributed by atoms with Gasteiger partial charge in [-0.25, -0.2) is 4.39 Å². The third-order valence-corrected chi connectivity index (χ3v) is 12.9. The van der Waals surface area contributed by atoms with Gasteiger partial charge in [0.1, 0.15) is 5.82 Å². The maximum atomic E-state index is 15.0. The molecule has 2 aromatic carbocycles. The summed E-state index contributed by atoms with van der Waals surface area (Å²) in [5, 5.41) is 1.14. The number of thiophene rings is 1. The molecule has 1 aromatic heterocycles. The largest absolute Gasteiger partial charge is 0.419 e. The minimum atomic E-state index is -2.40. The molecule has 26 heavy (non-hydrogen) atoms. The summed E-state index contributed by atoms with van der Waals surface area (Å²) >= 11 is 5.27. The zero-order chi connectivity index (χ0) is 19.1. The molecule has 0 aliphatic heterocycles. The molecule has 5 heteroatoms. The van der Waals surface area contributed by atoms with E-state index in [0.717, 1.165) is 10.0 Å². The van der Waals surface area contributed by atoms with E-state index < -0.39 is 8.32 Å². The lowest BCUT2D eigenvalue weighted by molar-refractivity contribution is 0.357. The second kappa shape index (κ2) is 7.19. The molecule has 0 N–H and O–H groups in total. The molecule has 0 saturated carbocycles. The summed E-state index contributed by atoms with van der Waals surface area (Å²) < 4.78 is 23.3. The van der Waals surface area contributed by atoms with Crippen LogP contribution in [0.3, 0.4) is 0 Å². The van der Waals surface area contributed by atoms with Crippen molar-refractivity contribution in [2.75, 3.05) is 7.11 Å². The third-order valence-electron chi connectivity index (χ3n) is 5.46. The fourth-order valence-corrected chi connectivity index (χ4v) is 8.92. The molecule has 0 aliphatic carbocycles. The lowest BCUT2D eigenvalue weighted by atomic mass is 10.1. The van der Waals surface area contributed by atoms with E-state index >= 15 is 0 Å². The van der Waals surface area contributed by atoms with E-state index in [2.05, 4.69) is 61.4 Å². The van der Waals surface area contributed by atoms with Gasteiger partial charge < -0.3 is 4.43 Å². The summed E-state index contributed by atoms with van der Waals surface area (Å²) in [5.41, 5.74) is 0.638. The van der Waals surface area contributed by atoms with Crippen LogP contribution in [0.5, 0.6) is 0 Å². The lowest BCUT2D eigenvalue weighted by Gasteiger charge is -2.44. The van der Waals surface area contributed by atoms with Crippen LogP contribution in [0.25, 0.3) is 10.1 Å². The predicted molar refractivity (Wildman–Crippen MR) is 116 cm³/mol. The van der Waals surface area contributed by atoms with Crippen molar-refractivity contribution in [3.05, 3.63) is 69.3 Å². The monoisotopic (exact) mass is 450 g/mol. The number of benzene rings is 2. The minimum absolute atomic E-state index is 0.0582. The van der Waals surface area contributed by atoms with Crippen molar-refractivity contribution in [1.82, 2.24) is 0 Å². The van der Waals surface area contributed by atoms with E-state index in [0.29, 0.717) is 0 Å². The van der Waals surface area contributed by atoms with Crippen molar-refractivity contribution in [3.8, 4) is 0 Å². The van der Waals surface area contributed by atoms with Crippen LogP contribution in [-0.2, 0) is 4.43 Å². The van der Waals surface area contributed by atoms with E-state index in [1.807, 2.05) is 18.2 Å². The van der Waals surface area contributed by atoms with E-state index in [1.54, 1.807) is 30.6 Å². The van der Waals surface area contributed by atoms with Crippen LogP contribution in [0.1, 0.15) is 36.8 Å². The van der Waals surface area contributed by atoms with Gasteiger partial charge in [0.25, 0.3) is 0 Å². The topological polar surface area (TPSA) is 9.23 Å². The summed E-state index contributed by atoms with van der Waals surface area (Å²) in [7, 11) is -0.618. The molecule has 3 aromatic rings. The number of hydrogen-bond acceptors (Lipinski definition) is 2. The van der Waals surface area contributed by atoms with Crippen LogP contribution in [0.4, 0.5) is 4.39 Å². The molecule has 0 spiro atoms. The zero-order valence-electron chi connectivity index (χ0n) is 15.8. The summed E-state index contributed by atoms with van der Waals surface area (Å²) in [6.07, 6.45) is 0. The third kappa shape index (κ3) is 3.42. The first-order valence-corrected chi connectivity index (χ1v) is 12.8. The molecule has 3 rings (SSSR count). The number of halogens is 2. The molecule has 0 amide bonds. The SMILES string of the molecule is CO[Si](C)(C(c1cc2ccccc2s1)c1cc(Br)ccc1F)C(C)(C)C. The van der Waals surface area contributed by atoms with Gasteiger partial charge in [0, 0.05) is 26.7 Å². The van der Waals surface area contributed by atoms with Gasteiger partial charge in [0.05, 0.1) is 0 Å². The van der Waals surface area contributed by atoms with Crippen LogP contribution in [-0.4, -0.2) is 15.4 Å². The Morgan fingerprint density at radius 1 is 1.12 bits per heavy atom. The van der Waals surface area contributed by atoms with Gasteiger partial charge in [-0.1, -0.05) is 54.9 Å². The maximum absolute atomic E-state index is 15.0. The first-order valence-electron chi connectivity index (χ1n) is 8.66. The van der Waals surface area contributed by atoms with Crippen LogP contribution in [0, 0.1) is 5.82 Å². The summed E-state index contributed by atoms with van der Waals surface area (Å²) in [6, 6.07) is 15.8. The highest BCUT2D eigenvalue weighted by Gasteiger charge is 2.50. The van der Waals surface area contributed by atoms with Gasteiger partial charge in [-0.05, 0) is 52.9 Å². The van der Waals surface area contributed by atoms with Crippen molar-refractivity contribution in [1.29, 1.82) is 0 Å². The van der Waals surface area contributed by atoms with E-state index in [4.69, 9.17) is 4.43 Å². The Bertz CT molecular complexity index is 900. The smallest absolute Gasteiger partial charge is 0.207 e. The van der Waals surface area contributed by atoms with Crippen molar-refractivity contribution < 1.29 is 8.82 Å². The summed E-state index contributed by atoms with van der Waals surface area (Å²) in [5.74, 6) is -0.171. The van der Waals surface area contributed by atoms with Crippen LogP contribution in [0.15, 0.2) is 53.0 Å². The molecule has 2 atom stereocenters.